The molecule has 182 valence electrons. The van der Waals surface area contributed by atoms with Gasteiger partial charge in [0.2, 0.25) is 0 Å². The Labute approximate surface area is 225 Å². The smallest absolute Gasteiger partial charge is 0.256 e. The average Bonchev–Trinajstić information content (AvgIpc) is 3.26. The summed E-state index contributed by atoms with van der Waals surface area (Å²) in [5, 5.41) is 3.03. The number of nitrogens with one attached hydrogen (secondary N) is 1. The van der Waals surface area contributed by atoms with E-state index in [0.717, 1.165) is 27.6 Å². The molecule has 3 aromatic carbocycles. The number of hydrogen-bond acceptors (Lipinski definition) is 1. The topological polar surface area (TPSA) is 36.1 Å². The van der Waals surface area contributed by atoms with E-state index in [-0.39, 0.29) is 11.3 Å². The lowest BCUT2D eigenvalue weighted by Crippen LogP contribution is -2.33. The minimum atomic E-state index is -0.129. The number of carbonyl (C=O) groups is 1. The molecule has 0 saturated carbocycles. The fraction of sp³-hybridized carbons (Fsp3) is 0.250. The molecule has 1 heterocycles. The molecular formula is C28H26Cl4N2O. The van der Waals surface area contributed by atoms with Gasteiger partial charge in [0.25, 0.3) is 5.91 Å². The van der Waals surface area contributed by atoms with Crippen molar-refractivity contribution < 1.29 is 4.79 Å². The maximum Gasteiger partial charge on any atom is 0.256 e. The predicted octanol–water partition coefficient (Wildman–Crippen LogP) is 8.96. The third kappa shape index (κ3) is 5.98. The van der Waals surface area contributed by atoms with E-state index in [1.807, 2.05) is 36.4 Å². The van der Waals surface area contributed by atoms with Crippen molar-refractivity contribution in [2.75, 3.05) is 6.54 Å². The van der Waals surface area contributed by atoms with E-state index in [1.54, 1.807) is 23.2 Å². The zero-order valence-corrected chi connectivity index (χ0v) is 22.8. The number of fused-ring (bicyclic) bond motifs is 1. The molecule has 1 amide bonds. The van der Waals surface area contributed by atoms with Crippen molar-refractivity contribution >= 4 is 63.2 Å². The highest BCUT2D eigenvalue weighted by Gasteiger charge is 2.22. The summed E-state index contributed by atoms with van der Waals surface area (Å²) < 4.78 is 0. The molecule has 0 fully saturated rings. The molecule has 0 atom stereocenters. The number of nitrogens with zero attached hydrogens (tertiary/aromatic N) is 1. The zero-order chi connectivity index (χ0) is 25.3. The van der Waals surface area contributed by atoms with Gasteiger partial charge in [-0.1, -0.05) is 85.4 Å². The third-order valence-electron chi connectivity index (χ3n) is 6.08. The Kier molecular flexibility index (Phi) is 7.73. The molecule has 4 aromatic rings. The van der Waals surface area contributed by atoms with Crippen LogP contribution in [0, 0.1) is 0 Å². The summed E-state index contributed by atoms with van der Waals surface area (Å²) in [4.78, 5) is 18.8. The monoisotopic (exact) mass is 546 g/mol. The summed E-state index contributed by atoms with van der Waals surface area (Å²) in [6.45, 7) is 7.26. The van der Waals surface area contributed by atoms with Crippen molar-refractivity contribution in [2.24, 2.45) is 0 Å². The van der Waals surface area contributed by atoms with Crippen LogP contribution in [0.4, 0.5) is 0 Å². The Bertz CT molecular complexity index is 1390. The van der Waals surface area contributed by atoms with E-state index in [1.165, 1.54) is 0 Å². The Morgan fingerprint density at radius 2 is 1.66 bits per heavy atom. The molecule has 4 rings (SSSR count). The average molecular weight is 548 g/mol. The molecule has 0 unspecified atom stereocenters. The molecule has 0 aliphatic heterocycles. The van der Waals surface area contributed by atoms with E-state index < -0.39 is 0 Å². The molecule has 1 aromatic heterocycles. The van der Waals surface area contributed by atoms with Crippen LogP contribution in [0.5, 0.6) is 0 Å². The van der Waals surface area contributed by atoms with Crippen LogP contribution in [0.2, 0.25) is 20.1 Å². The number of rotatable bonds is 6. The van der Waals surface area contributed by atoms with Gasteiger partial charge in [-0.25, -0.2) is 0 Å². The molecule has 0 bridgehead atoms. The van der Waals surface area contributed by atoms with Crippen LogP contribution in [0.25, 0.3) is 10.9 Å². The highest BCUT2D eigenvalue weighted by molar-refractivity contribution is 6.42. The quantitative estimate of drug-likeness (QED) is 0.257. The molecule has 0 spiro atoms. The van der Waals surface area contributed by atoms with Crippen molar-refractivity contribution in [2.45, 2.75) is 39.2 Å². The first-order chi connectivity index (χ1) is 16.5. The highest BCUT2D eigenvalue weighted by atomic mass is 35.5. The second-order valence-corrected chi connectivity index (χ2v) is 11.3. The Balaban J connectivity index is 1.68. The van der Waals surface area contributed by atoms with Crippen molar-refractivity contribution in [3.05, 3.63) is 103 Å². The standard InChI is InChI=1S/C28H26Cl4N2O/c1-28(2,3)20-6-5-19(24(31)14-20)16-34(11-9-17-4-7-23(30)25(32)12-17)27(35)22-15-21(29)13-18-8-10-33-26(18)22/h4-8,10,12-15,33H,9,11,16H2,1-3H3. The first-order valence-electron chi connectivity index (χ1n) is 11.3. The first-order valence-corrected chi connectivity index (χ1v) is 12.8. The lowest BCUT2D eigenvalue weighted by atomic mass is 9.86. The van der Waals surface area contributed by atoms with Gasteiger partial charge in [-0.3, -0.25) is 4.79 Å². The van der Waals surface area contributed by atoms with E-state index in [0.29, 0.717) is 45.2 Å². The van der Waals surface area contributed by atoms with Crippen molar-refractivity contribution in [3.8, 4) is 0 Å². The summed E-state index contributed by atoms with van der Waals surface area (Å²) in [7, 11) is 0. The van der Waals surface area contributed by atoms with Crippen LogP contribution in [-0.2, 0) is 18.4 Å². The van der Waals surface area contributed by atoms with Crippen LogP contribution in [0.1, 0.15) is 47.8 Å². The van der Waals surface area contributed by atoms with Crippen LogP contribution < -0.4 is 0 Å². The summed E-state index contributed by atoms with van der Waals surface area (Å²) in [5.74, 6) is -0.129. The van der Waals surface area contributed by atoms with Crippen LogP contribution >= 0.6 is 46.4 Å². The second kappa shape index (κ2) is 10.4. The number of hydrogen-bond donors (Lipinski definition) is 1. The molecule has 3 nitrogen and oxygen atoms in total. The largest absolute Gasteiger partial charge is 0.361 e. The lowest BCUT2D eigenvalue weighted by molar-refractivity contribution is 0.0747. The molecule has 0 saturated heterocycles. The number of carbonyl (C=O) groups excluding carboxylic acids is 1. The number of aromatic amines is 1. The van der Waals surface area contributed by atoms with E-state index in [9.17, 15) is 4.79 Å². The van der Waals surface area contributed by atoms with Crippen LogP contribution in [0.15, 0.2) is 60.8 Å². The molecule has 0 aliphatic rings. The Morgan fingerprint density at radius 1 is 0.886 bits per heavy atom. The van der Waals surface area contributed by atoms with Gasteiger partial charge >= 0.3 is 0 Å². The van der Waals surface area contributed by atoms with Gasteiger partial charge in [0, 0.05) is 34.7 Å². The number of benzene rings is 3. The van der Waals surface area contributed by atoms with Gasteiger partial charge in [-0.15, -0.1) is 0 Å². The number of H-pyrrole nitrogens is 1. The van der Waals surface area contributed by atoms with Gasteiger partial charge in [-0.2, -0.15) is 0 Å². The Hall–Kier alpha value is -2.17. The van der Waals surface area contributed by atoms with Crippen LogP contribution in [-0.4, -0.2) is 22.3 Å². The van der Waals surface area contributed by atoms with Crippen molar-refractivity contribution in [3.63, 3.8) is 0 Å². The summed E-state index contributed by atoms with van der Waals surface area (Å²) in [5.41, 5.74) is 4.27. The van der Waals surface area contributed by atoms with Crippen molar-refractivity contribution in [1.29, 1.82) is 0 Å². The van der Waals surface area contributed by atoms with Crippen molar-refractivity contribution in [1.82, 2.24) is 9.88 Å². The maximum atomic E-state index is 13.9. The van der Waals surface area contributed by atoms with E-state index in [2.05, 4.69) is 31.8 Å². The molecule has 1 N–H and O–H groups in total. The summed E-state index contributed by atoms with van der Waals surface area (Å²) in [6, 6.07) is 17.0. The number of amides is 1. The summed E-state index contributed by atoms with van der Waals surface area (Å²) >= 11 is 25.3. The molecule has 35 heavy (non-hydrogen) atoms. The predicted molar refractivity (Wildman–Crippen MR) is 148 cm³/mol. The van der Waals surface area contributed by atoms with Gasteiger partial charge in [0.05, 0.1) is 21.1 Å². The zero-order valence-electron chi connectivity index (χ0n) is 19.8. The van der Waals surface area contributed by atoms with Gasteiger partial charge in [-0.05, 0) is 64.9 Å². The first kappa shape index (κ1) is 25.9. The molecule has 0 aliphatic carbocycles. The fourth-order valence-electron chi connectivity index (χ4n) is 4.03. The fourth-order valence-corrected chi connectivity index (χ4v) is 4.82. The SMILES string of the molecule is CC(C)(C)c1ccc(CN(CCc2ccc(Cl)c(Cl)c2)C(=O)c2cc(Cl)cc3cc[nH]c23)c(Cl)c1. The lowest BCUT2D eigenvalue weighted by Gasteiger charge is -2.25. The Morgan fingerprint density at radius 3 is 2.34 bits per heavy atom. The normalized spacial score (nSPS) is 11.7. The third-order valence-corrected chi connectivity index (χ3v) is 7.39. The van der Waals surface area contributed by atoms with E-state index in [4.69, 9.17) is 46.4 Å². The minimum absolute atomic E-state index is 0.0223. The highest BCUT2D eigenvalue weighted by Crippen LogP contribution is 2.30. The second-order valence-electron chi connectivity index (χ2n) is 9.68. The number of halogens is 4. The van der Waals surface area contributed by atoms with Gasteiger partial charge in [0.1, 0.15) is 0 Å². The number of aromatic nitrogens is 1. The molecular weight excluding hydrogens is 522 g/mol. The molecule has 0 radical (unpaired) electrons. The molecule has 7 heteroatoms. The summed E-state index contributed by atoms with van der Waals surface area (Å²) in [6.07, 6.45) is 2.41. The minimum Gasteiger partial charge on any atom is -0.361 e. The van der Waals surface area contributed by atoms with Gasteiger partial charge in [0.15, 0.2) is 0 Å². The van der Waals surface area contributed by atoms with Gasteiger partial charge < -0.3 is 9.88 Å². The van der Waals surface area contributed by atoms with Crippen LogP contribution in [0.3, 0.4) is 0 Å². The van der Waals surface area contributed by atoms with E-state index >= 15 is 0 Å². The maximum absolute atomic E-state index is 13.9.